The van der Waals surface area contributed by atoms with Gasteiger partial charge in [0.2, 0.25) is 0 Å². The lowest BCUT2D eigenvalue weighted by atomic mass is 9.78. The molecule has 2 atom stereocenters. The summed E-state index contributed by atoms with van der Waals surface area (Å²) in [6.07, 6.45) is 3.07. The van der Waals surface area contributed by atoms with Gasteiger partial charge in [-0.05, 0) is 44.6 Å². The molecule has 0 amide bonds. The minimum Gasteiger partial charge on any atom is -0.497 e. The average molecular weight is 264 g/mol. The summed E-state index contributed by atoms with van der Waals surface area (Å²) in [5.41, 5.74) is 7.64. The predicted molar refractivity (Wildman–Crippen MR) is 81.5 cm³/mol. The van der Waals surface area contributed by atoms with Gasteiger partial charge in [0.05, 0.1) is 12.6 Å². The van der Waals surface area contributed by atoms with Crippen LogP contribution in [-0.2, 0) is 5.54 Å². The third-order valence-corrected chi connectivity index (χ3v) is 3.88. The first-order valence-electron chi connectivity index (χ1n) is 7.09. The second-order valence-electron chi connectivity index (χ2n) is 5.41. The summed E-state index contributed by atoms with van der Waals surface area (Å²) in [4.78, 5) is 2.23. The van der Waals surface area contributed by atoms with Gasteiger partial charge in [-0.15, -0.1) is 0 Å². The Kier molecular flexibility index (Phi) is 5.83. The largest absolute Gasteiger partial charge is 0.497 e. The smallest absolute Gasteiger partial charge is 0.119 e. The molecule has 0 saturated heterocycles. The summed E-state index contributed by atoms with van der Waals surface area (Å²) in [6.45, 7) is 4.38. The van der Waals surface area contributed by atoms with E-state index in [1.807, 2.05) is 12.1 Å². The zero-order valence-electron chi connectivity index (χ0n) is 12.9. The van der Waals surface area contributed by atoms with Crippen molar-refractivity contribution < 1.29 is 4.74 Å². The van der Waals surface area contributed by atoms with Crippen molar-refractivity contribution in [3.8, 4) is 5.75 Å². The molecular formula is C16H28N2O. The second-order valence-corrected chi connectivity index (χ2v) is 5.41. The van der Waals surface area contributed by atoms with E-state index in [2.05, 4.69) is 45.0 Å². The van der Waals surface area contributed by atoms with Gasteiger partial charge in [-0.1, -0.05) is 32.4 Å². The summed E-state index contributed by atoms with van der Waals surface area (Å²) in [5.74, 6) is 0.872. The van der Waals surface area contributed by atoms with Gasteiger partial charge in [0.15, 0.2) is 0 Å². The Labute approximate surface area is 117 Å². The molecule has 0 fully saturated rings. The topological polar surface area (TPSA) is 38.5 Å². The fraction of sp³-hybridized carbons (Fsp3) is 0.625. The fourth-order valence-corrected chi connectivity index (χ4v) is 3.02. The van der Waals surface area contributed by atoms with E-state index in [1.54, 1.807) is 7.11 Å². The number of hydrogen-bond donors (Lipinski definition) is 1. The molecule has 1 aromatic rings. The number of methoxy groups -OCH3 is 1. The maximum Gasteiger partial charge on any atom is 0.119 e. The molecule has 0 bridgehead atoms. The Morgan fingerprint density at radius 2 is 2.00 bits per heavy atom. The van der Waals surface area contributed by atoms with Crippen LogP contribution in [0.3, 0.4) is 0 Å². The van der Waals surface area contributed by atoms with Crippen molar-refractivity contribution in [2.75, 3.05) is 21.2 Å². The van der Waals surface area contributed by atoms with Gasteiger partial charge in [-0.2, -0.15) is 0 Å². The van der Waals surface area contributed by atoms with E-state index in [-0.39, 0.29) is 5.54 Å². The van der Waals surface area contributed by atoms with Crippen LogP contribution >= 0.6 is 0 Å². The zero-order valence-corrected chi connectivity index (χ0v) is 12.9. The molecule has 0 radical (unpaired) electrons. The fourth-order valence-electron chi connectivity index (χ4n) is 3.02. The molecule has 0 aliphatic carbocycles. The van der Waals surface area contributed by atoms with Gasteiger partial charge in [0.25, 0.3) is 0 Å². The quantitative estimate of drug-likeness (QED) is 0.823. The molecule has 0 spiro atoms. The van der Waals surface area contributed by atoms with Crippen LogP contribution in [0.1, 0.15) is 38.7 Å². The van der Waals surface area contributed by atoms with Crippen LogP contribution in [0.2, 0.25) is 0 Å². The average Bonchev–Trinajstić information content (AvgIpc) is 2.39. The number of hydrogen-bond acceptors (Lipinski definition) is 3. The molecular weight excluding hydrogens is 236 g/mol. The normalized spacial score (nSPS) is 16.2. The van der Waals surface area contributed by atoms with E-state index in [0.717, 1.165) is 30.6 Å². The molecule has 1 aromatic carbocycles. The molecule has 0 saturated carbocycles. The highest BCUT2D eigenvalue weighted by Crippen LogP contribution is 2.33. The predicted octanol–water partition coefficient (Wildman–Crippen LogP) is 2.99. The zero-order chi connectivity index (χ0) is 14.5. The van der Waals surface area contributed by atoms with Gasteiger partial charge >= 0.3 is 0 Å². The molecule has 1 rings (SSSR count). The lowest BCUT2D eigenvalue weighted by molar-refractivity contribution is 0.159. The second kappa shape index (κ2) is 6.92. The van der Waals surface area contributed by atoms with Crippen molar-refractivity contribution in [1.82, 2.24) is 4.90 Å². The molecule has 0 aliphatic rings. The van der Waals surface area contributed by atoms with Crippen LogP contribution in [0.25, 0.3) is 0 Å². The first-order chi connectivity index (χ1) is 8.99. The Morgan fingerprint density at radius 1 is 1.32 bits per heavy atom. The first kappa shape index (κ1) is 16.0. The highest BCUT2D eigenvalue weighted by Gasteiger charge is 2.36. The van der Waals surface area contributed by atoms with Crippen molar-refractivity contribution in [2.45, 2.75) is 44.7 Å². The third kappa shape index (κ3) is 3.48. The molecule has 0 heterocycles. The minimum absolute atomic E-state index is 0.319. The summed E-state index contributed by atoms with van der Waals surface area (Å²) in [6, 6.07) is 8.49. The summed E-state index contributed by atoms with van der Waals surface area (Å²) >= 11 is 0. The molecule has 2 N–H and O–H groups in total. The van der Waals surface area contributed by atoms with Crippen LogP contribution in [0.15, 0.2) is 24.3 Å². The van der Waals surface area contributed by atoms with Crippen LogP contribution in [0.4, 0.5) is 0 Å². The molecule has 0 aliphatic heterocycles. The summed E-state index contributed by atoms with van der Waals surface area (Å²) in [7, 11) is 5.90. The monoisotopic (exact) mass is 264 g/mol. The molecule has 108 valence electrons. The minimum atomic E-state index is -0.332. The third-order valence-electron chi connectivity index (χ3n) is 3.88. The van der Waals surface area contributed by atoms with Gasteiger partial charge < -0.3 is 15.4 Å². The molecule has 2 unspecified atom stereocenters. The summed E-state index contributed by atoms with van der Waals surface area (Å²) in [5, 5.41) is 0. The molecule has 3 nitrogen and oxygen atoms in total. The van der Waals surface area contributed by atoms with Gasteiger partial charge in [0, 0.05) is 6.04 Å². The van der Waals surface area contributed by atoms with E-state index in [9.17, 15) is 0 Å². The molecule has 19 heavy (non-hydrogen) atoms. The summed E-state index contributed by atoms with van der Waals surface area (Å²) < 4.78 is 5.33. The molecule has 3 heteroatoms. The van der Waals surface area contributed by atoms with Crippen molar-refractivity contribution in [1.29, 1.82) is 0 Å². The van der Waals surface area contributed by atoms with Crippen molar-refractivity contribution >= 4 is 0 Å². The van der Waals surface area contributed by atoms with E-state index in [1.165, 1.54) is 0 Å². The SMILES string of the molecule is CCCC(N)(c1cccc(OC)c1)C(CC)N(C)C. The first-order valence-corrected chi connectivity index (χ1v) is 7.09. The van der Waals surface area contributed by atoms with Crippen molar-refractivity contribution in [3.63, 3.8) is 0 Å². The number of nitrogens with zero attached hydrogens (tertiary/aromatic N) is 1. The van der Waals surface area contributed by atoms with Crippen molar-refractivity contribution in [2.24, 2.45) is 5.73 Å². The number of nitrogens with two attached hydrogens (primary N) is 1. The number of rotatable bonds is 7. The van der Waals surface area contributed by atoms with E-state index >= 15 is 0 Å². The standard InChI is InChI=1S/C16H28N2O/c1-6-11-16(17,15(7-2)18(3)4)13-9-8-10-14(12-13)19-5/h8-10,12,15H,6-7,11,17H2,1-5H3. The molecule has 0 aromatic heterocycles. The lowest BCUT2D eigenvalue weighted by Crippen LogP contribution is -2.53. The highest BCUT2D eigenvalue weighted by atomic mass is 16.5. The van der Waals surface area contributed by atoms with E-state index < -0.39 is 0 Å². The maximum absolute atomic E-state index is 6.81. The number of benzene rings is 1. The van der Waals surface area contributed by atoms with Crippen molar-refractivity contribution in [3.05, 3.63) is 29.8 Å². The van der Waals surface area contributed by atoms with E-state index in [4.69, 9.17) is 10.5 Å². The van der Waals surface area contributed by atoms with Crippen LogP contribution in [0, 0.1) is 0 Å². The highest BCUT2D eigenvalue weighted by molar-refractivity contribution is 5.34. The lowest BCUT2D eigenvalue weighted by Gasteiger charge is -2.41. The van der Waals surface area contributed by atoms with E-state index in [0.29, 0.717) is 6.04 Å². The van der Waals surface area contributed by atoms with Crippen LogP contribution in [0.5, 0.6) is 5.75 Å². The van der Waals surface area contributed by atoms with Gasteiger partial charge in [0.1, 0.15) is 5.75 Å². The number of likely N-dealkylation sites (N-methyl/N-ethyl adjacent to an activating group) is 1. The Hall–Kier alpha value is -1.06. The Morgan fingerprint density at radius 3 is 2.47 bits per heavy atom. The van der Waals surface area contributed by atoms with Crippen LogP contribution < -0.4 is 10.5 Å². The van der Waals surface area contributed by atoms with Gasteiger partial charge in [-0.25, -0.2) is 0 Å². The number of ether oxygens (including phenoxy) is 1. The Balaban J connectivity index is 3.22. The Bertz CT molecular complexity index is 392. The van der Waals surface area contributed by atoms with Crippen LogP contribution in [-0.4, -0.2) is 32.1 Å². The van der Waals surface area contributed by atoms with Gasteiger partial charge in [-0.3, -0.25) is 0 Å². The maximum atomic E-state index is 6.81.